The molecule has 0 bridgehead atoms. The minimum Gasteiger partial charge on any atom is -0.493 e. The van der Waals surface area contributed by atoms with Crippen molar-refractivity contribution in [3.05, 3.63) is 23.3 Å². The van der Waals surface area contributed by atoms with Crippen LogP contribution in [0.3, 0.4) is 0 Å². The monoisotopic (exact) mass is 384 g/mol. The second-order valence-electron chi connectivity index (χ2n) is 6.64. The van der Waals surface area contributed by atoms with E-state index in [9.17, 15) is 32.2 Å². The van der Waals surface area contributed by atoms with Gasteiger partial charge in [0.25, 0.3) is 5.92 Å². The van der Waals surface area contributed by atoms with Gasteiger partial charge in [0.2, 0.25) is 0 Å². The average molecular weight is 384 g/mol. The molecule has 3 nitrogen and oxygen atoms in total. The molecule has 1 aromatic carbocycles. The lowest BCUT2D eigenvalue weighted by atomic mass is 9.70. The molecule has 1 aromatic rings. The van der Waals surface area contributed by atoms with Crippen LogP contribution in [0.2, 0.25) is 0 Å². The summed E-state index contributed by atoms with van der Waals surface area (Å²) in [7, 11) is 0. The van der Waals surface area contributed by atoms with Gasteiger partial charge in [-0.05, 0) is 36.7 Å². The highest BCUT2D eigenvalue weighted by Gasteiger charge is 2.50. The standard InChI is InChI=1S/C16H17F5O3S/c17-15(18)6-9-10(24-8-14(7-22)4-1-5-14)2-3-11(12(9)13(15)23)25-16(19,20)21/h2-3,13,22-23H,1,4-8H2. The van der Waals surface area contributed by atoms with Gasteiger partial charge in [0.1, 0.15) is 11.9 Å². The van der Waals surface area contributed by atoms with Crippen LogP contribution in [0, 0.1) is 5.41 Å². The van der Waals surface area contributed by atoms with Gasteiger partial charge in [-0.2, -0.15) is 13.2 Å². The van der Waals surface area contributed by atoms with Crippen molar-refractivity contribution >= 4 is 11.8 Å². The molecule has 2 aliphatic carbocycles. The van der Waals surface area contributed by atoms with Crippen LogP contribution < -0.4 is 4.74 Å². The Labute approximate surface area is 145 Å². The Balaban J connectivity index is 1.91. The number of aliphatic hydroxyl groups excluding tert-OH is 2. The molecule has 1 unspecified atom stereocenters. The summed E-state index contributed by atoms with van der Waals surface area (Å²) < 4.78 is 71.4. The van der Waals surface area contributed by atoms with Crippen molar-refractivity contribution in [2.75, 3.05) is 13.2 Å². The van der Waals surface area contributed by atoms with E-state index >= 15 is 0 Å². The molecule has 0 heterocycles. The van der Waals surface area contributed by atoms with Crippen LogP contribution in [0.1, 0.15) is 36.5 Å². The first-order valence-corrected chi connectivity index (χ1v) is 8.60. The Hall–Kier alpha value is -1.06. The Bertz CT molecular complexity index is 652. The number of aliphatic hydroxyl groups is 2. The molecule has 1 fully saturated rings. The van der Waals surface area contributed by atoms with E-state index in [1.165, 1.54) is 6.07 Å². The normalized spacial score (nSPS) is 23.9. The Morgan fingerprint density at radius 1 is 1.24 bits per heavy atom. The molecular formula is C16H17F5O3S. The summed E-state index contributed by atoms with van der Waals surface area (Å²) in [6.07, 6.45) is -0.762. The first-order valence-electron chi connectivity index (χ1n) is 7.78. The Morgan fingerprint density at radius 2 is 1.92 bits per heavy atom. The number of rotatable bonds is 5. The average Bonchev–Trinajstić information content (AvgIpc) is 2.70. The van der Waals surface area contributed by atoms with Gasteiger partial charge in [-0.1, -0.05) is 6.42 Å². The zero-order chi connectivity index (χ0) is 18.5. The van der Waals surface area contributed by atoms with Gasteiger partial charge >= 0.3 is 5.51 Å². The van der Waals surface area contributed by atoms with Crippen LogP contribution in [0.4, 0.5) is 22.0 Å². The van der Waals surface area contributed by atoms with Crippen molar-refractivity contribution < 1.29 is 36.9 Å². The summed E-state index contributed by atoms with van der Waals surface area (Å²) >= 11 is -0.526. The molecule has 0 aliphatic heterocycles. The lowest BCUT2D eigenvalue weighted by Gasteiger charge is -2.39. The predicted molar refractivity (Wildman–Crippen MR) is 80.8 cm³/mol. The van der Waals surface area contributed by atoms with Crippen molar-refractivity contribution in [2.45, 2.75) is 48.1 Å². The minimum atomic E-state index is -4.65. The summed E-state index contributed by atoms with van der Waals surface area (Å²) in [6.45, 7) is -0.000643. The van der Waals surface area contributed by atoms with Crippen LogP contribution in [0.15, 0.2) is 17.0 Å². The van der Waals surface area contributed by atoms with E-state index in [-0.39, 0.29) is 24.5 Å². The van der Waals surface area contributed by atoms with Crippen LogP contribution >= 0.6 is 11.8 Å². The van der Waals surface area contributed by atoms with Gasteiger partial charge in [-0.3, -0.25) is 0 Å². The summed E-state index contributed by atoms with van der Waals surface area (Å²) in [5, 5.41) is 19.3. The van der Waals surface area contributed by atoms with E-state index < -0.39 is 51.6 Å². The SMILES string of the molecule is OCC1(COc2ccc(SC(F)(F)F)c3c2CC(F)(F)C3O)CCC1. The number of thioether (sulfide) groups is 1. The number of ether oxygens (including phenoxy) is 1. The fourth-order valence-electron chi connectivity index (χ4n) is 3.25. The van der Waals surface area contributed by atoms with Gasteiger partial charge in [-0.15, -0.1) is 0 Å². The fraction of sp³-hybridized carbons (Fsp3) is 0.625. The Kier molecular flexibility index (Phi) is 4.70. The highest BCUT2D eigenvalue weighted by atomic mass is 32.2. The van der Waals surface area contributed by atoms with E-state index in [1.54, 1.807) is 0 Å². The quantitative estimate of drug-likeness (QED) is 0.594. The number of halogens is 5. The van der Waals surface area contributed by atoms with Gasteiger partial charge < -0.3 is 14.9 Å². The molecule has 3 rings (SSSR count). The lowest BCUT2D eigenvalue weighted by molar-refractivity contribution is -0.0977. The van der Waals surface area contributed by atoms with Gasteiger partial charge in [0.15, 0.2) is 0 Å². The lowest BCUT2D eigenvalue weighted by Crippen LogP contribution is -2.39. The molecule has 1 saturated carbocycles. The van der Waals surface area contributed by atoms with Crippen molar-refractivity contribution in [1.29, 1.82) is 0 Å². The molecule has 0 aromatic heterocycles. The smallest absolute Gasteiger partial charge is 0.446 e. The van der Waals surface area contributed by atoms with E-state index in [0.717, 1.165) is 25.3 Å². The molecule has 1 atom stereocenters. The number of hydrogen-bond donors (Lipinski definition) is 2. The maximum Gasteiger partial charge on any atom is 0.446 e. The second-order valence-corrected chi connectivity index (χ2v) is 7.75. The molecule has 140 valence electrons. The molecule has 9 heteroatoms. The molecule has 0 radical (unpaired) electrons. The first-order chi connectivity index (χ1) is 11.6. The third kappa shape index (κ3) is 3.59. The molecule has 0 saturated heterocycles. The van der Waals surface area contributed by atoms with E-state index in [4.69, 9.17) is 4.74 Å². The van der Waals surface area contributed by atoms with Crippen molar-refractivity contribution in [3.8, 4) is 5.75 Å². The van der Waals surface area contributed by atoms with Crippen LogP contribution in [0.5, 0.6) is 5.75 Å². The number of alkyl halides is 5. The molecular weight excluding hydrogens is 367 g/mol. The fourth-order valence-corrected chi connectivity index (χ4v) is 3.98. The van der Waals surface area contributed by atoms with Gasteiger partial charge in [0.05, 0.1) is 13.2 Å². The van der Waals surface area contributed by atoms with E-state index in [0.29, 0.717) is 0 Å². The first kappa shape index (κ1) is 18.7. The van der Waals surface area contributed by atoms with Crippen molar-refractivity contribution in [2.24, 2.45) is 5.41 Å². The van der Waals surface area contributed by atoms with Crippen LogP contribution in [-0.4, -0.2) is 34.9 Å². The molecule has 25 heavy (non-hydrogen) atoms. The number of hydrogen-bond acceptors (Lipinski definition) is 4. The van der Waals surface area contributed by atoms with E-state index in [2.05, 4.69) is 0 Å². The third-order valence-electron chi connectivity index (χ3n) is 4.87. The molecule has 2 aliphatic rings. The van der Waals surface area contributed by atoms with Gasteiger partial charge in [-0.25, -0.2) is 8.78 Å². The van der Waals surface area contributed by atoms with E-state index in [1.807, 2.05) is 0 Å². The maximum absolute atomic E-state index is 13.9. The molecule has 2 N–H and O–H groups in total. The predicted octanol–water partition coefficient (Wildman–Crippen LogP) is 4.06. The largest absolute Gasteiger partial charge is 0.493 e. The summed E-state index contributed by atoms with van der Waals surface area (Å²) in [5.41, 5.74) is -5.59. The second kappa shape index (κ2) is 6.28. The van der Waals surface area contributed by atoms with Crippen LogP contribution in [-0.2, 0) is 6.42 Å². The molecule has 0 spiro atoms. The topological polar surface area (TPSA) is 49.7 Å². The zero-order valence-corrected chi connectivity index (χ0v) is 13.9. The minimum absolute atomic E-state index is 0.0393. The third-order valence-corrected chi connectivity index (χ3v) is 5.68. The highest BCUT2D eigenvalue weighted by Crippen LogP contribution is 2.52. The van der Waals surface area contributed by atoms with Crippen molar-refractivity contribution in [1.82, 2.24) is 0 Å². The number of fused-ring (bicyclic) bond motifs is 1. The number of benzene rings is 1. The summed E-state index contributed by atoms with van der Waals surface area (Å²) in [5.74, 6) is -3.51. The maximum atomic E-state index is 13.9. The summed E-state index contributed by atoms with van der Waals surface area (Å²) in [6, 6.07) is 2.27. The van der Waals surface area contributed by atoms with Crippen LogP contribution in [0.25, 0.3) is 0 Å². The molecule has 0 amide bonds. The zero-order valence-electron chi connectivity index (χ0n) is 13.1. The summed E-state index contributed by atoms with van der Waals surface area (Å²) in [4.78, 5) is -0.444. The van der Waals surface area contributed by atoms with Crippen molar-refractivity contribution in [3.63, 3.8) is 0 Å². The highest BCUT2D eigenvalue weighted by molar-refractivity contribution is 8.00. The van der Waals surface area contributed by atoms with Gasteiger partial charge in [0, 0.05) is 27.9 Å². The Morgan fingerprint density at radius 3 is 2.44 bits per heavy atom.